The highest BCUT2D eigenvalue weighted by molar-refractivity contribution is 5.70. The van der Waals surface area contributed by atoms with Gasteiger partial charge in [0.15, 0.2) is 0 Å². The van der Waals surface area contributed by atoms with Crippen LogP contribution in [0.5, 0.6) is 0 Å². The molecule has 0 spiro atoms. The zero-order valence-corrected chi connectivity index (χ0v) is 15.6. The van der Waals surface area contributed by atoms with E-state index in [2.05, 4.69) is 6.92 Å². The van der Waals surface area contributed by atoms with E-state index in [0.29, 0.717) is 25.7 Å². The van der Waals surface area contributed by atoms with Crippen LogP contribution in [0.25, 0.3) is 0 Å². The van der Waals surface area contributed by atoms with E-state index in [-0.39, 0.29) is 23.9 Å². The highest BCUT2D eigenvalue weighted by Crippen LogP contribution is 2.31. The van der Waals surface area contributed by atoms with Crippen LogP contribution in [0.2, 0.25) is 0 Å². The number of aliphatic hydroxyl groups excluding tert-OH is 1. The van der Waals surface area contributed by atoms with Crippen molar-refractivity contribution in [3.63, 3.8) is 0 Å². The Kier molecular flexibility index (Phi) is 11.7. The Hall–Kier alpha value is -1.10. The smallest absolute Gasteiger partial charge is 0.306 e. The van der Waals surface area contributed by atoms with Gasteiger partial charge < -0.3 is 15.3 Å². The molecule has 2 unspecified atom stereocenters. The summed E-state index contributed by atoms with van der Waals surface area (Å²) in [7, 11) is 0. The van der Waals surface area contributed by atoms with Gasteiger partial charge in [0.1, 0.15) is 0 Å². The van der Waals surface area contributed by atoms with Crippen LogP contribution < -0.4 is 0 Å². The van der Waals surface area contributed by atoms with Crippen LogP contribution in [0.1, 0.15) is 85.0 Å². The first-order valence-corrected chi connectivity index (χ1v) is 9.36. The highest BCUT2D eigenvalue weighted by atomic mass is 16.4. The topological polar surface area (TPSA) is 94.8 Å². The second kappa shape index (κ2) is 12.3. The minimum atomic E-state index is -0.716. The molecule has 0 aromatic rings. The lowest BCUT2D eigenvalue weighted by Gasteiger charge is -2.27. The SMILES string of the molecule is CCC(CCCCC(C)(CO)CCCCC(CC)C(=O)O)C(=O)O. The second-order valence-electron chi connectivity index (χ2n) is 7.35. The summed E-state index contributed by atoms with van der Waals surface area (Å²) >= 11 is 0. The summed E-state index contributed by atoms with van der Waals surface area (Å²) in [5.74, 6) is -1.95. The summed E-state index contributed by atoms with van der Waals surface area (Å²) < 4.78 is 0. The standard InChI is InChI=1S/C19H36O5/c1-4-15(17(21)22)10-6-8-12-19(3,14-20)13-9-7-11-16(5-2)18(23)24/h15-16,20H,4-14H2,1-3H3,(H,21,22)(H,23,24). The number of carbonyl (C=O) groups is 2. The van der Waals surface area contributed by atoms with E-state index in [1.807, 2.05) is 13.8 Å². The number of carboxylic acids is 2. The van der Waals surface area contributed by atoms with Crippen molar-refractivity contribution in [3.8, 4) is 0 Å². The molecular formula is C19H36O5. The van der Waals surface area contributed by atoms with Crippen molar-refractivity contribution >= 4 is 11.9 Å². The minimum absolute atomic E-state index is 0.124. The number of rotatable bonds is 15. The van der Waals surface area contributed by atoms with Gasteiger partial charge in [-0.15, -0.1) is 0 Å². The number of hydrogen-bond donors (Lipinski definition) is 3. The van der Waals surface area contributed by atoms with E-state index in [4.69, 9.17) is 10.2 Å². The van der Waals surface area contributed by atoms with E-state index in [0.717, 1.165) is 38.5 Å². The van der Waals surface area contributed by atoms with Crippen LogP contribution in [0.15, 0.2) is 0 Å². The molecule has 0 rings (SSSR count). The Bertz CT molecular complexity index is 337. The van der Waals surface area contributed by atoms with Crippen molar-refractivity contribution in [2.75, 3.05) is 6.61 Å². The lowest BCUT2D eigenvalue weighted by atomic mass is 9.80. The zero-order chi connectivity index (χ0) is 18.6. The first-order valence-electron chi connectivity index (χ1n) is 9.36. The fourth-order valence-corrected chi connectivity index (χ4v) is 3.17. The Morgan fingerprint density at radius 1 is 0.833 bits per heavy atom. The quantitative estimate of drug-likeness (QED) is 0.384. The molecule has 142 valence electrons. The monoisotopic (exact) mass is 344 g/mol. The van der Waals surface area contributed by atoms with Crippen LogP contribution in [-0.4, -0.2) is 33.9 Å². The number of aliphatic carboxylic acids is 2. The summed E-state index contributed by atoms with van der Waals surface area (Å²) in [6.45, 7) is 5.99. The van der Waals surface area contributed by atoms with E-state index < -0.39 is 11.9 Å². The zero-order valence-electron chi connectivity index (χ0n) is 15.6. The largest absolute Gasteiger partial charge is 0.481 e. The molecule has 0 saturated carbocycles. The average Bonchev–Trinajstić information content (AvgIpc) is 2.54. The predicted molar refractivity (Wildman–Crippen MR) is 95.0 cm³/mol. The second-order valence-corrected chi connectivity index (χ2v) is 7.35. The highest BCUT2D eigenvalue weighted by Gasteiger charge is 2.23. The summed E-state index contributed by atoms with van der Waals surface area (Å²) in [5.41, 5.74) is -0.143. The van der Waals surface area contributed by atoms with Gasteiger partial charge in [-0.2, -0.15) is 0 Å². The molecule has 0 aliphatic heterocycles. The molecule has 0 amide bonds. The van der Waals surface area contributed by atoms with E-state index in [9.17, 15) is 14.7 Å². The van der Waals surface area contributed by atoms with Crippen molar-refractivity contribution in [1.29, 1.82) is 0 Å². The Morgan fingerprint density at radius 3 is 1.46 bits per heavy atom. The third kappa shape index (κ3) is 9.26. The van der Waals surface area contributed by atoms with Crippen molar-refractivity contribution in [2.45, 2.75) is 85.0 Å². The number of aliphatic hydroxyl groups is 1. The first-order chi connectivity index (χ1) is 11.3. The number of unbranched alkanes of at least 4 members (excludes halogenated alkanes) is 2. The molecule has 3 N–H and O–H groups in total. The van der Waals surface area contributed by atoms with Crippen LogP contribution in [0, 0.1) is 17.3 Å². The van der Waals surface area contributed by atoms with Gasteiger partial charge in [-0.25, -0.2) is 0 Å². The van der Waals surface area contributed by atoms with E-state index in [1.54, 1.807) is 0 Å². The molecule has 5 nitrogen and oxygen atoms in total. The average molecular weight is 344 g/mol. The maximum absolute atomic E-state index is 11.0. The lowest BCUT2D eigenvalue weighted by Crippen LogP contribution is -2.22. The Morgan fingerprint density at radius 2 is 1.21 bits per heavy atom. The molecule has 0 bridgehead atoms. The lowest BCUT2D eigenvalue weighted by molar-refractivity contribution is -0.143. The molecule has 0 aromatic carbocycles. The number of hydrogen-bond acceptors (Lipinski definition) is 3. The maximum atomic E-state index is 11.0. The fraction of sp³-hybridized carbons (Fsp3) is 0.895. The summed E-state index contributed by atoms with van der Waals surface area (Å²) in [4.78, 5) is 22.0. The van der Waals surface area contributed by atoms with Gasteiger partial charge in [0.05, 0.1) is 11.8 Å². The summed E-state index contributed by atoms with van der Waals surface area (Å²) in [6.07, 6.45) is 8.08. The van der Waals surface area contributed by atoms with Gasteiger partial charge in [0, 0.05) is 6.61 Å². The van der Waals surface area contributed by atoms with Crippen LogP contribution in [0.3, 0.4) is 0 Å². The molecule has 0 heterocycles. The third-order valence-corrected chi connectivity index (χ3v) is 5.23. The normalized spacial score (nSPS) is 16.3. The molecule has 0 radical (unpaired) electrons. The Balaban J connectivity index is 4.07. The van der Waals surface area contributed by atoms with E-state index in [1.165, 1.54) is 0 Å². The maximum Gasteiger partial charge on any atom is 0.306 e. The van der Waals surface area contributed by atoms with Gasteiger partial charge in [-0.05, 0) is 43.9 Å². The number of carboxylic acid groups (broad SMARTS) is 2. The van der Waals surface area contributed by atoms with Crippen LogP contribution >= 0.6 is 0 Å². The van der Waals surface area contributed by atoms with Crippen molar-refractivity contribution in [2.24, 2.45) is 17.3 Å². The van der Waals surface area contributed by atoms with Gasteiger partial charge in [-0.3, -0.25) is 9.59 Å². The molecular weight excluding hydrogens is 308 g/mol. The van der Waals surface area contributed by atoms with E-state index >= 15 is 0 Å². The molecule has 24 heavy (non-hydrogen) atoms. The molecule has 5 heteroatoms. The van der Waals surface area contributed by atoms with Gasteiger partial charge in [0.25, 0.3) is 0 Å². The first kappa shape index (κ1) is 22.9. The summed E-state index contributed by atoms with van der Waals surface area (Å²) in [6, 6.07) is 0. The molecule has 2 atom stereocenters. The van der Waals surface area contributed by atoms with Gasteiger partial charge in [0.2, 0.25) is 0 Å². The molecule has 0 aliphatic carbocycles. The van der Waals surface area contributed by atoms with Crippen molar-refractivity contribution < 1.29 is 24.9 Å². The predicted octanol–water partition coefficient (Wildman–Crippen LogP) is 4.33. The summed E-state index contributed by atoms with van der Waals surface area (Å²) in [5, 5.41) is 27.8. The molecule has 0 aliphatic rings. The Labute approximate surface area is 146 Å². The molecule has 0 aromatic heterocycles. The minimum Gasteiger partial charge on any atom is -0.481 e. The van der Waals surface area contributed by atoms with Crippen molar-refractivity contribution in [1.82, 2.24) is 0 Å². The van der Waals surface area contributed by atoms with Gasteiger partial charge in [-0.1, -0.05) is 46.5 Å². The molecule has 0 saturated heterocycles. The fourth-order valence-electron chi connectivity index (χ4n) is 3.17. The third-order valence-electron chi connectivity index (χ3n) is 5.23. The van der Waals surface area contributed by atoms with Crippen LogP contribution in [0.4, 0.5) is 0 Å². The van der Waals surface area contributed by atoms with Gasteiger partial charge >= 0.3 is 11.9 Å². The molecule has 0 fully saturated rings. The van der Waals surface area contributed by atoms with Crippen LogP contribution in [-0.2, 0) is 9.59 Å². The van der Waals surface area contributed by atoms with Crippen molar-refractivity contribution in [3.05, 3.63) is 0 Å².